The second-order valence-corrected chi connectivity index (χ2v) is 7.44. The van der Waals surface area contributed by atoms with Crippen molar-refractivity contribution in [1.29, 1.82) is 0 Å². The van der Waals surface area contributed by atoms with E-state index >= 15 is 0 Å². The van der Waals surface area contributed by atoms with Crippen molar-refractivity contribution in [3.05, 3.63) is 23.8 Å². The van der Waals surface area contributed by atoms with Crippen LogP contribution in [0, 0.1) is 0 Å². The third-order valence-electron chi connectivity index (χ3n) is 4.05. The Bertz CT molecular complexity index is 589. The van der Waals surface area contributed by atoms with Gasteiger partial charge >= 0.3 is 0 Å². The molecule has 1 saturated heterocycles. The van der Waals surface area contributed by atoms with Crippen molar-refractivity contribution in [3.63, 3.8) is 0 Å². The number of halogens is 1. The Morgan fingerprint density at radius 3 is 2.76 bits per heavy atom. The molecule has 0 spiro atoms. The van der Waals surface area contributed by atoms with E-state index < -0.39 is 10.0 Å². The molecule has 1 aliphatic heterocycles. The SMILES string of the molecule is CCC1CCCCN1S(=O)(=O)c1ccc(OC)c(CCl)c1. The first-order chi connectivity index (χ1) is 10.0. The number of ether oxygens (including phenoxy) is 1. The van der Waals surface area contributed by atoms with Gasteiger partial charge in [0.15, 0.2) is 0 Å². The van der Waals surface area contributed by atoms with Crippen molar-refractivity contribution in [2.45, 2.75) is 49.4 Å². The second-order valence-electron chi connectivity index (χ2n) is 5.28. The molecule has 0 aromatic heterocycles. The maximum Gasteiger partial charge on any atom is 0.243 e. The van der Waals surface area contributed by atoms with Gasteiger partial charge in [-0.3, -0.25) is 0 Å². The van der Waals surface area contributed by atoms with Crippen molar-refractivity contribution in [1.82, 2.24) is 4.31 Å². The van der Waals surface area contributed by atoms with Gasteiger partial charge in [0.2, 0.25) is 10.0 Å². The number of methoxy groups -OCH3 is 1. The average molecular weight is 332 g/mol. The highest BCUT2D eigenvalue weighted by Gasteiger charge is 2.32. The van der Waals surface area contributed by atoms with E-state index in [1.54, 1.807) is 29.6 Å². The zero-order valence-corrected chi connectivity index (χ0v) is 14.1. The summed E-state index contributed by atoms with van der Waals surface area (Å²) in [5, 5.41) is 0. The second kappa shape index (κ2) is 6.99. The normalized spacial score (nSPS) is 20.4. The van der Waals surface area contributed by atoms with Gasteiger partial charge in [0.25, 0.3) is 0 Å². The summed E-state index contributed by atoms with van der Waals surface area (Å²) in [7, 11) is -1.91. The van der Waals surface area contributed by atoms with Crippen LogP contribution in [0.3, 0.4) is 0 Å². The molecule has 2 rings (SSSR count). The standard InChI is InChI=1S/C15H22ClNO3S/c1-3-13-6-4-5-9-17(13)21(18,19)14-7-8-15(20-2)12(10-14)11-16/h7-8,10,13H,3-6,9,11H2,1-2H3. The molecular formula is C15H22ClNO3S. The Kier molecular flexibility index (Phi) is 5.52. The molecule has 21 heavy (non-hydrogen) atoms. The summed E-state index contributed by atoms with van der Waals surface area (Å²) in [5.74, 6) is 0.846. The lowest BCUT2D eigenvalue weighted by Crippen LogP contribution is -2.43. The van der Waals surface area contributed by atoms with E-state index in [-0.39, 0.29) is 11.9 Å². The third kappa shape index (κ3) is 3.35. The van der Waals surface area contributed by atoms with Gasteiger partial charge in [0, 0.05) is 18.2 Å². The number of alkyl halides is 1. The lowest BCUT2D eigenvalue weighted by atomic mass is 10.0. The van der Waals surface area contributed by atoms with Crippen LogP contribution in [-0.2, 0) is 15.9 Å². The largest absolute Gasteiger partial charge is 0.496 e. The van der Waals surface area contributed by atoms with Gasteiger partial charge in [-0.25, -0.2) is 8.42 Å². The molecule has 118 valence electrons. The fourth-order valence-electron chi connectivity index (χ4n) is 2.85. The van der Waals surface area contributed by atoms with Crippen molar-refractivity contribution < 1.29 is 13.2 Å². The van der Waals surface area contributed by atoms with Crippen LogP contribution in [0.4, 0.5) is 0 Å². The fourth-order valence-corrected chi connectivity index (χ4v) is 4.88. The molecule has 0 radical (unpaired) electrons. The predicted octanol–water partition coefficient (Wildman–Crippen LogP) is 3.39. The Morgan fingerprint density at radius 2 is 2.14 bits per heavy atom. The molecule has 6 heteroatoms. The third-order valence-corrected chi connectivity index (χ3v) is 6.28. The van der Waals surface area contributed by atoms with Crippen LogP contribution in [0.2, 0.25) is 0 Å². The zero-order valence-electron chi connectivity index (χ0n) is 12.5. The van der Waals surface area contributed by atoms with E-state index in [2.05, 4.69) is 0 Å². The monoisotopic (exact) mass is 331 g/mol. The zero-order chi connectivity index (χ0) is 15.5. The maximum atomic E-state index is 12.9. The van der Waals surface area contributed by atoms with Crippen LogP contribution in [0.5, 0.6) is 5.75 Å². The highest BCUT2D eigenvalue weighted by atomic mass is 35.5. The van der Waals surface area contributed by atoms with Crippen molar-refractivity contribution in [2.24, 2.45) is 0 Å². The van der Waals surface area contributed by atoms with Gasteiger partial charge in [-0.15, -0.1) is 11.6 Å². The van der Waals surface area contributed by atoms with Gasteiger partial charge < -0.3 is 4.74 Å². The van der Waals surface area contributed by atoms with Crippen LogP contribution in [0.15, 0.2) is 23.1 Å². The topological polar surface area (TPSA) is 46.6 Å². The molecule has 1 aromatic carbocycles. The van der Waals surface area contributed by atoms with Gasteiger partial charge in [-0.2, -0.15) is 4.31 Å². The summed E-state index contributed by atoms with van der Waals surface area (Å²) in [4.78, 5) is 0.305. The summed E-state index contributed by atoms with van der Waals surface area (Å²) in [6.07, 6.45) is 3.81. The van der Waals surface area contributed by atoms with E-state index in [0.29, 0.717) is 22.8 Å². The van der Waals surface area contributed by atoms with Crippen LogP contribution in [-0.4, -0.2) is 32.4 Å². The summed E-state index contributed by atoms with van der Waals surface area (Å²) in [5.41, 5.74) is 0.699. The summed E-state index contributed by atoms with van der Waals surface area (Å²) in [6, 6.07) is 5.01. The van der Waals surface area contributed by atoms with E-state index in [9.17, 15) is 8.42 Å². The van der Waals surface area contributed by atoms with Crippen LogP contribution in [0.25, 0.3) is 0 Å². The van der Waals surface area contributed by atoms with E-state index in [1.807, 2.05) is 6.92 Å². The first kappa shape index (κ1) is 16.6. The quantitative estimate of drug-likeness (QED) is 0.777. The number of benzene rings is 1. The average Bonchev–Trinajstić information content (AvgIpc) is 2.53. The summed E-state index contributed by atoms with van der Waals surface area (Å²) in [6.45, 7) is 2.64. The maximum absolute atomic E-state index is 12.9. The van der Waals surface area contributed by atoms with E-state index in [1.165, 1.54) is 0 Å². The minimum atomic E-state index is -3.46. The summed E-state index contributed by atoms with van der Waals surface area (Å²) >= 11 is 5.89. The summed E-state index contributed by atoms with van der Waals surface area (Å²) < 4.78 is 32.6. The van der Waals surface area contributed by atoms with Crippen molar-refractivity contribution in [3.8, 4) is 5.75 Å². The highest BCUT2D eigenvalue weighted by molar-refractivity contribution is 7.89. The first-order valence-corrected chi connectivity index (χ1v) is 9.26. The fraction of sp³-hybridized carbons (Fsp3) is 0.600. The molecule has 1 aromatic rings. The van der Waals surface area contributed by atoms with Crippen molar-refractivity contribution >= 4 is 21.6 Å². The number of sulfonamides is 1. The molecule has 0 saturated carbocycles. The minimum absolute atomic E-state index is 0.102. The molecule has 1 unspecified atom stereocenters. The molecule has 1 atom stereocenters. The van der Waals surface area contributed by atoms with Crippen LogP contribution < -0.4 is 4.74 Å². The van der Waals surface area contributed by atoms with Crippen LogP contribution in [0.1, 0.15) is 38.2 Å². The Hall–Kier alpha value is -0.780. The number of hydrogen-bond acceptors (Lipinski definition) is 3. The lowest BCUT2D eigenvalue weighted by molar-refractivity contribution is 0.246. The van der Waals surface area contributed by atoms with Gasteiger partial charge in [0.05, 0.1) is 17.9 Å². The van der Waals surface area contributed by atoms with Crippen LogP contribution >= 0.6 is 11.6 Å². The Morgan fingerprint density at radius 1 is 1.38 bits per heavy atom. The molecule has 1 aliphatic rings. The number of rotatable bonds is 5. The molecule has 1 heterocycles. The Labute approximate surface area is 132 Å². The van der Waals surface area contributed by atoms with Gasteiger partial charge in [0.1, 0.15) is 5.75 Å². The Balaban J connectivity index is 2.38. The van der Waals surface area contributed by atoms with Gasteiger partial charge in [-0.1, -0.05) is 13.3 Å². The predicted molar refractivity (Wildman–Crippen MR) is 84.4 cm³/mol. The molecule has 0 N–H and O–H groups in total. The number of piperidine rings is 1. The minimum Gasteiger partial charge on any atom is -0.496 e. The smallest absolute Gasteiger partial charge is 0.243 e. The molecular weight excluding hydrogens is 310 g/mol. The molecule has 0 amide bonds. The number of nitrogens with zero attached hydrogens (tertiary/aromatic N) is 1. The molecule has 4 nitrogen and oxygen atoms in total. The molecule has 1 fully saturated rings. The van der Waals surface area contributed by atoms with E-state index in [4.69, 9.17) is 16.3 Å². The first-order valence-electron chi connectivity index (χ1n) is 7.29. The lowest BCUT2D eigenvalue weighted by Gasteiger charge is -2.34. The van der Waals surface area contributed by atoms with E-state index in [0.717, 1.165) is 25.7 Å². The molecule has 0 bridgehead atoms. The van der Waals surface area contributed by atoms with Crippen molar-refractivity contribution in [2.75, 3.05) is 13.7 Å². The van der Waals surface area contributed by atoms with Gasteiger partial charge in [-0.05, 0) is 37.5 Å². The number of hydrogen-bond donors (Lipinski definition) is 0. The molecule has 0 aliphatic carbocycles. The highest BCUT2D eigenvalue weighted by Crippen LogP contribution is 2.30.